The minimum Gasteiger partial charge on any atom is -0.387 e. The number of hydrogen-bond donors (Lipinski definition) is 1. The van der Waals surface area contributed by atoms with Gasteiger partial charge in [-0.2, -0.15) is 0 Å². The Morgan fingerprint density at radius 1 is 1.55 bits per heavy atom. The number of nitrogens with one attached hydrogen (secondary N) is 1. The van der Waals surface area contributed by atoms with Crippen LogP contribution in [0.3, 0.4) is 0 Å². The molecule has 11 heavy (non-hydrogen) atoms. The number of hydrogen-bond acceptors (Lipinski definition) is 2. The highest BCUT2D eigenvalue weighted by atomic mass is 15.1. The van der Waals surface area contributed by atoms with Crippen molar-refractivity contribution in [2.45, 2.75) is 6.92 Å². The molecule has 0 amide bonds. The lowest BCUT2D eigenvalue weighted by Gasteiger charge is -2.18. The summed E-state index contributed by atoms with van der Waals surface area (Å²) in [5.74, 6) is 0. The molecule has 0 aromatic rings. The summed E-state index contributed by atoms with van der Waals surface area (Å²) < 4.78 is 0. The quantitative estimate of drug-likeness (QED) is 0.634. The van der Waals surface area contributed by atoms with Crippen LogP contribution in [0, 0.1) is 0 Å². The van der Waals surface area contributed by atoms with Gasteiger partial charge in [0.25, 0.3) is 0 Å². The van der Waals surface area contributed by atoms with E-state index in [1.54, 1.807) is 0 Å². The molecule has 2 nitrogen and oxygen atoms in total. The number of likely N-dealkylation sites (N-methyl/N-ethyl adjacent to an activating group) is 1. The largest absolute Gasteiger partial charge is 0.387 e. The Morgan fingerprint density at radius 3 is 2.82 bits per heavy atom. The molecule has 1 aliphatic rings. The molecule has 1 heterocycles. The molecule has 0 unspecified atom stereocenters. The van der Waals surface area contributed by atoms with Gasteiger partial charge in [-0.25, -0.2) is 0 Å². The summed E-state index contributed by atoms with van der Waals surface area (Å²) in [5.41, 5.74) is 2.88. The van der Waals surface area contributed by atoms with Crippen molar-refractivity contribution in [1.29, 1.82) is 0 Å². The fourth-order valence-corrected chi connectivity index (χ4v) is 1.19. The molecule has 0 aliphatic carbocycles. The number of rotatable bonds is 2. The van der Waals surface area contributed by atoms with E-state index in [4.69, 9.17) is 0 Å². The summed E-state index contributed by atoms with van der Waals surface area (Å²) >= 11 is 0. The van der Waals surface area contributed by atoms with E-state index in [-0.39, 0.29) is 0 Å². The zero-order chi connectivity index (χ0) is 8.27. The summed E-state index contributed by atoms with van der Waals surface area (Å²) in [4.78, 5) is 2.19. The van der Waals surface area contributed by atoms with Gasteiger partial charge in [0.05, 0.1) is 0 Å². The zero-order valence-corrected chi connectivity index (χ0v) is 7.52. The van der Waals surface area contributed by atoms with Gasteiger partial charge < -0.3 is 10.2 Å². The first-order chi connectivity index (χ1) is 5.20. The molecule has 1 aliphatic heterocycles. The lowest BCUT2D eigenvalue weighted by molar-refractivity contribution is 0.439. The van der Waals surface area contributed by atoms with Crippen LogP contribution in [-0.4, -0.2) is 32.1 Å². The maximum Gasteiger partial charge on any atom is 0.0373 e. The maximum absolute atomic E-state index is 3.21. The summed E-state index contributed by atoms with van der Waals surface area (Å²) in [6.45, 7) is 4.22. The lowest BCUT2D eigenvalue weighted by Crippen LogP contribution is -2.24. The SMILES string of the molecule is CC1=C(CN(C)C)CNC=C1. The van der Waals surface area contributed by atoms with Gasteiger partial charge in [0, 0.05) is 13.1 Å². The van der Waals surface area contributed by atoms with Gasteiger partial charge in [0.1, 0.15) is 0 Å². The third-order valence-corrected chi connectivity index (χ3v) is 1.83. The van der Waals surface area contributed by atoms with E-state index in [2.05, 4.69) is 37.3 Å². The van der Waals surface area contributed by atoms with Gasteiger partial charge in [0.15, 0.2) is 0 Å². The number of nitrogens with zero attached hydrogens (tertiary/aromatic N) is 1. The second-order valence-corrected chi connectivity index (χ2v) is 3.24. The van der Waals surface area contributed by atoms with E-state index >= 15 is 0 Å². The number of allylic oxidation sites excluding steroid dienone is 2. The monoisotopic (exact) mass is 152 g/mol. The maximum atomic E-state index is 3.21. The smallest absolute Gasteiger partial charge is 0.0373 e. The van der Waals surface area contributed by atoms with Crippen molar-refractivity contribution in [1.82, 2.24) is 10.2 Å². The van der Waals surface area contributed by atoms with Gasteiger partial charge in [-0.3, -0.25) is 0 Å². The molecular formula is C9H16N2. The van der Waals surface area contributed by atoms with Crippen LogP contribution in [0.2, 0.25) is 0 Å². The third kappa shape index (κ3) is 2.39. The van der Waals surface area contributed by atoms with Gasteiger partial charge in [0.2, 0.25) is 0 Å². The van der Waals surface area contributed by atoms with Crippen LogP contribution < -0.4 is 5.32 Å². The highest BCUT2D eigenvalue weighted by molar-refractivity contribution is 5.28. The molecule has 1 rings (SSSR count). The topological polar surface area (TPSA) is 15.3 Å². The second-order valence-electron chi connectivity index (χ2n) is 3.24. The van der Waals surface area contributed by atoms with Crippen molar-refractivity contribution in [2.75, 3.05) is 27.2 Å². The third-order valence-electron chi connectivity index (χ3n) is 1.83. The van der Waals surface area contributed by atoms with Crippen LogP contribution in [0.15, 0.2) is 23.4 Å². The molecule has 62 valence electrons. The Hall–Kier alpha value is -0.760. The van der Waals surface area contributed by atoms with Crippen LogP contribution in [0.4, 0.5) is 0 Å². The molecule has 0 saturated carbocycles. The number of dihydropyridines is 1. The standard InChI is InChI=1S/C9H16N2/c1-8-4-5-10-6-9(8)7-11(2)3/h4-5,10H,6-7H2,1-3H3. The van der Waals surface area contributed by atoms with Gasteiger partial charge in [-0.05, 0) is 44.4 Å². The van der Waals surface area contributed by atoms with E-state index in [0.29, 0.717) is 0 Å². The molecule has 0 radical (unpaired) electrons. The van der Waals surface area contributed by atoms with Crippen LogP contribution >= 0.6 is 0 Å². The van der Waals surface area contributed by atoms with E-state index in [1.807, 2.05) is 6.20 Å². The average Bonchev–Trinajstić information content (AvgIpc) is 1.93. The van der Waals surface area contributed by atoms with Crippen LogP contribution in [0.25, 0.3) is 0 Å². The average molecular weight is 152 g/mol. The van der Waals surface area contributed by atoms with Crippen molar-refractivity contribution in [3.63, 3.8) is 0 Å². The molecule has 0 aromatic heterocycles. The van der Waals surface area contributed by atoms with E-state index < -0.39 is 0 Å². The van der Waals surface area contributed by atoms with Crippen LogP contribution in [0.1, 0.15) is 6.92 Å². The molecule has 1 N–H and O–H groups in total. The molecule has 0 atom stereocenters. The molecule has 0 saturated heterocycles. The van der Waals surface area contributed by atoms with Crippen molar-refractivity contribution in [2.24, 2.45) is 0 Å². The van der Waals surface area contributed by atoms with Crippen molar-refractivity contribution in [3.8, 4) is 0 Å². The van der Waals surface area contributed by atoms with Gasteiger partial charge in [-0.15, -0.1) is 0 Å². The van der Waals surface area contributed by atoms with E-state index in [0.717, 1.165) is 13.1 Å². The lowest BCUT2D eigenvalue weighted by atomic mass is 10.1. The first-order valence-corrected chi connectivity index (χ1v) is 3.93. The van der Waals surface area contributed by atoms with Crippen LogP contribution in [-0.2, 0) is 0 Å². The highest BCUT2D eigenvalue weighted by Crippen LogP contribution is 2.08. The Balaban J connectivity index is 2.60. The molecule has 0 fully saturated rings. The molecule has 0 bridgehead atoms. The molecule has 2 heteroatoms. The predicted molar refractivity (Wildman–Crippen MR) is 48.4 cm³/mol. The van der Waals surface area contributed by atoms with Crippen LogP contribution in [0.5, 0.6) is 0 Å². The fraction of sp³-hybridized carbons (Fsp3) is 0.556. The minimum absolute atomic E-state index is 1.00. The molecular weight excluding hydrogens is 136 g/mol. The second kappa shape index (κ2) is 3.58. The summed E-state index contributed by atoms with van der Waals surface area (Å²) in [6.07, 6.45) is 4.14. The van der Waals surface area contributed by atoms with E-state index in [9.17, 15) is 0 Å². The van der Waals surface area contributed by atoms with Gasteiger partial charge >= 0.3 is 0 Å². The first kappa shape index (κ1) is 8.34. The minimum atomic E-state index is 1.00. The normalized spacial score (nSPS) is 17.5. The highest BCUT2D eigenvalue weighted by Gasteiger charge is 2.04. The summed E-state index contributed by atoms with van der Waals surface area (Å²) in [7, 11) is 4.19. The summed E-state index contributed by atoms with van der Waals surface area (Å²) in [6, 6.07) is 0. The fourth-order valence-electron chi connectivity index (χ4n) is 1.19. The Kier molecular flexibility index (Phi) is 2.71. The van der Waals surface area contributed by atoms with Crippen molar-refractivity contribution in [3.05, 3.63) is 23.4 Å². The Bertz CT molecular complexity index is 190. The molecule has 0 aromatic carbocycles. The molecule has 0 spiro atoms. The Labute approximate surface area is 68.6 Å². The summed E-state index contributed by atoms with van der Waals surface area (Å²) in [5, 5.41) is 3.21. The van der Waals surface area contributed by atoms with E-state index in [1.165, 1.54) is 11.1 Å². The Morgan fingerprint density at radius 2 is 2.27 bits per heavy atom. The van der Waals surface area contributed by atoms with Crippen molar-refractivity contribution < 1.29 is 0 Å². The van der Waals surface area contributed by atoms with Gasteiger partial charge in [-0.1, -0.05) is 0 Å². The zero-order valence-electron chi connectivity index (χ0n) is 7.52. The van der Waals surface area contributed by atoms with Crippen molar-refractivity contribution >= 4 is 0 Å². The predicted octanol–water partition coefficient (Wildman–Crippen LogP) is 0.981. The first-order valence-electron chi connectivity index (χ1n) is 3.93.